The second kappa shape index (κ2) is 8.85. The fourth-order valence-corrected chi connectivity index (χ4v) is 3.83. The lowest BCUT2D eigenvalue weighted by Gasteiger charge is -2.26. The number of carboxylic acids is 1. The normalized spacial score (nSPS) is 12.2. The molecule has 0 spiro atoms. The number of hydrogen-bond acceptors (Lipinski definition) is 4. The molecule has 0 aliphatic heterocycles. The van der Waals surface area contributed by atoms with Gasteiger partial charge in [0.05, 0.1) is 30.3 Å². The molecule has 0 radical (unpaired) electrons. The second-order valence-corrected chi connectivity index (χ2v) is 7.25. The minimum atomic E-state index is -1.42. The van der Waals surface area contributed by atoms with Gasteiger partial charge in [0.1, 0.15) is 17.1 Å². The summed E-state index contributed by atoms with van der Waals surface area (Å²) in [6.45, 7) is 1.53. The fourth-order valence-electron chi connectivity index (χ4n) is 3.63. The maximum Gasteiger partial charge on any atom is 0.341 e. The molecule has 1 heterocycles. The summed E-state index contributed by atoms with van der Waals surface area (Å²) in [6, 6.07) is 8.56. The van der Waals surface area contributed by atoms with Crippen molar-refractivity contribution in [2.24, 2.45) is 0 Å². The topological polar surface area (TPSA) is 88.8 Å². The SMILES string of the molecule is CCC(CO)n1c(Cc2cccc(Cl)c2F)c(C(=O)O)c(=O)c2ccc(OC)cc21. The van der Waals surface area contributed by atoms with E-state index in [1.54, 1.807) is 22.8 Å². The molecule has 1 atom stereocenters. The number of aliphatic hydroxyl groups is 1. The Morgan fingerprint density at radius 1 is 1.30 bits per heavy atom. The third-order valence-corrected chi connectivity index (χ3v) is 5.46. The van der Waals surface area contributed by atoms with Crippen molar-refractivity contribution in [2.75, 3.05) is 13.7 Å². The van der Waals surface area contributed by atoms with E-state index in [9.17, 15) is 24.2 Å². The summed E-state index contributed by atoms with van der Waals surface area (Å²) >= 11 is 5.89. The Morgan fingerprint density at radius 3 is 2.63 bits per heavy atom. The number of pyridine rings is 1. The zero-order valence-corrected chi connectivity index (χ0v) is 17.2. The van der Waals surface area contributed by atoms with Gasteiger partial charge >= 0.3 is 5.97 Å². The fraction of sp³-hybridized carbons (Fsp3) is 0.273. The highest BCUT2D eigenvalue weighted by Crippen LogP contribution is 2.29. The van der Waals surface area contributed by atoms with Gasteiger partial charge in [0.25, 0.3) is 0 Å². The zero-order chi connectivity index (χ0) is 22.0. The Morgan fingerprint density at radius 2 is 2.03 bits per heavy atom. The first-order chi connectivity index (χ1) is 14.3. The molecule has 3 rings (SSSR count). The van der Waals surface area contributed by atoms with Gasteiger partial charge in [-0.25, -0.2) is 9.18 Å². The smallest absolute Gasteiger partial charge is 0.341 e. The number of aromatic carboxylic acids is 1. The van der Waals surface area contributed by atoms with Crippen molar-refractivity contribution in [3.05, 3.63) is 74.3 Å². The van der Waals surface area contributed by atoms with Crippen molar-refractivity contribution in [2.45, 2.75) is 25.8 Å². The Labute approximate surface area is 177 Å². The molecule has 2 N–H and O–H groups in total. The minimum Gasteiger partial charge on any atom is -0.497 e. The molecule has 0 amide bonds. The largest absolute Gasteiger partial charge is 0.497 e. The first kappa shape index (κ1) is 21.8. The molecule has 2 aromatic carbocycles. The summed E-state index contributed by atoms with van der Waals surface area (Å²) in [6.07, 6.45) is 0.267. The van der Waals surface area contributed by atoms with Crippen molar-refractivity contribution in [3.63, 3.8) is 0 Å². The van der Waals surface area contributed by atoms with Crippen molar-refractivity contribution in [1.29, 1.82) is 0 Å². The van der Waals surface area contributed by atoms with Crippen LogP contribution in [0.1, 0.15) is 41.0 Å². The maximum absolute atomic E-state index is 14.6. The van der Waals surface area contributed by atoms with Crippen molar-refractivity contribution < 1.29 is 24.1 Å². The Hall–Kier alpha value is -2.90. The molecular formula is C22H21ClFNO5. The van der Waals surface area contributed by atoms with Crippen LogP contribution in [0.25, 0.3) is 10.9 Å². The predicted octanol–water partition coefficient (Wildman–Crippen LogP) is 4.04. The van der Waals surface area contributed by atoms with Gasteiger partial charge in [-0.15, -0.1) is 0 Å². The number of methoxy groups -OCH3 is 1. The lowest BCUT2D eigenvalue weighted by atomic mass is 9.99. The van der Waals surface area contributed by atoms with Crippen LogP contribution >= 0.6 is 11.6 Å². The average molecular weight is 434 g/mol. The summed E-state index contributed by atoms with van der Waals surface area (Å²) in [5.41, 5.74) is -0.494. The number of benzene rings is 2. The highest BCUT2D eigenvalue weighted by molar-refractivity contribution is 6.30. The zero-order valence-electron chi connectivity index (χ0n) is 16.5. The monoisotopic (exact) mass is 433 g/mol. The summed E-state index contributed by atoms with van der Waals surface area (Å²) in [5, 5.41) is 19.9. The number of halogens is 2. The number of aliphatic hydroxyl groups excluding tert-OH is 1. The number of ether oxygens (including phenoxy) is 1. The van der Waals surface area contributed by atoms with Gasteiger partial charge in [-0.3, -0.25) is 4.79 Å². The second-order valence-electron chi connectivity index (χ2n) is 6.84. The number of fused-ring (bicyclic) bond motifs is 1. The molecule has 30 heavy (non-hydrogen) atoms. The average Bonchev–Trinajstić information content (AvgIpc) is 2.73. The van der Waals surface area contributed by atoms with E-state index in [-0.39, 0.29) is 34.7 Å². The maximum atomic E-state index is 14.6. The van der Waals surface area contributed by atoms with Crippen LogP contribution in [0.2, 0.25) is 5.02 Å². The first-order valence-corrected chi connectivity index (χ1v) is 9.73. The van der Waals surface area contributed by atoms with Gasteiger partial charge in [-0.1, -0.05) is 30.7 Å². The minimum absolute atomic E-state index is 0.0929. The number of carbonyl (C=O) groups is 1. The van der Waals surface area contributed by atoms with Gasteiger partial charge in [-0.2, -0.15) is 0 Å². The molecular weight excluding hydrogens is 413 g/mol. The Bertz CT molecular complexity index is 1170. The van der Waals surface area contributed by atoms with Gasteiger partial charge in [0.15, 0.2) is 0 Å². The molecule has 3 aromatic rings. The Kier molecular flexibility index (Phi) is 6.43. The molecule has 1 unspecified atom stereocenters. The highest BCUT2D eigenvalue weighted by atomic mass is 35.5. The lowest BCUT2D eigenvalue weighted by Crippen LogP contribution is -2.28. The van der Waals surface area contributed by atoms with Gasteiger partial charge < -0.3 is 19.5 Å². The van der Waals surface area contributed by atoms with Crippen molar-refractivity contribution >= 4 is 28.5 Å². The van der Waals surface area contributed by atoms with E-state index in [2.05, 4.69) is 0 Å². The van der Waals surface area contributed by atoms with Crippen LogP contribution in [-0.4, -0.2) is 34.5 Å². The predicted molar refractivity (Wildman–Crippen MR) is 112 cm³/mol. The molecule has 0 fully saturated rings. The van der Waals surface area contributed by atoms with Crippen LogP contribution in [0.15, 0.2) is 41.2 Å². The number of hydrogen-bond donors (Lipinski definition) is 2. The molecule has 158 valence electrons. The molecule has 8 heteroatoms. The van der Waals surface area contributed by atoms with Crippen LogP contribution in [0.4, 0.5) is 4.39 Å². The summed E-state index contributed by atoms with van der Waals surface area (Å²) in [7, 11) is 1.47. The summed E-state index contributed by atoms with van der Waals surface area (Å²) in [5.74, 6) is -1.64. The number of nitrogens with zero attached hydrogens (tertiary/aromatic N) is 1. The van der Waals surface area contributed by atoms with E-state index >= 15 is 0 Å². The summed E-state index contributed by atoms with van der Waals surface area (Å²) < 4.78 is 21.5. The van der Waals surface area contributed by atoms with E-state index in [0.717, 1.165) is 0 Å². The van der Waals surface area contributed by atoms with Crippen LogP contribution in [0.3, 0.4) is 0 Å². The van der Waals surface area contributed by atoms with Crippen molar-refractivity contribution in [3.8, 4) is 5.75 Å². The summed E-state index contributed by atoms with van der Waals surface area (Å²) in [4.78, 5) is 25.1. The van der Waals surface area contributed by atoms with Gasteiger partial charge in [0, 0.05) is 23.6 Å². The number of carboxylic acid groups (broad SMARTS) is 1. The third-order valence-electron chi connectivity index (χ3n) is 5.17. The van der Waals surface area contributed by atoms with E-state index in [1.165, 1.54) is 25.3 Å². The van der Waals surface area contributed by atoms with Crippen molar-refractivity contribution in [1.82, 2.24) is 4.57 Å². The molecule has 0 saturated carbocycles. The quantitative estimate of drug-likeness (QED) is 0.587. The third kappa shape index (κ3) is 3.78. The molecule has 1 aromatic heterocycles. The van der Waals surface area contributed by atoms with E-state index in [0.29, 0.717) is 17.7 Å². The first-order valence-electron chi connectivity index (χ1n) is 9.36. The van der Waals surface area contributed by atoms with Gasteiger partial charge in [0.2, 0.25) is 5.43 Å². The van der Waals surface area contributed by atoms with E-state index < -0.39 is 28.8 Å². The molecule has 0 bridgehead atoms. The van der Waals surface area contributed by atoms with Crippen LogP contribution < -0.4 is 10.2 Å². The van der Waals surface area contributed by atoms with Crippen LogP contribution in [0.5, 0.6) is 5.75 Å². The van der Waals surface area contributed by atoms with Crippen LogP contribution in [-0.2, 0) is 6.42 Å². The molecule has 6 nitrogen and oxygen atoms in total. The standard InChI is InChI=1S/C22H21ClFNO5/c1-3-13(11-26)25-17-10-14(30-2)7-8-15(17)21(27)19(22(28)29)18(25)9-12-5-4-6-16(23)20(12)24/h4-8,10,13,26H,3,9,11H2,1-2H3,(H,28,29). The highest BCUT2D eigenvalue weighted by Gasteiger charge is 2.26. The Balaban J connectivity index is 2.46. The number of aromatic nitrogens is 1. The number of rotatable bonds is 7. The lowest BCUT2D eigenvalue weighted by molar-refractivity contribution is 0.0692. The molecule has 0 aliphatic rings. The van der Waals surface area contributed by atoms with Gasteiger partial charge in [-0.05, 0) is 30.2 Å². The van der Waals surface area contributed by atoms with E-state index in [4.69, 9.17) is 16.3 Å². The molecule has 0 aliphatic carbocycles. The van der Waals surface area contributed by atoms with Crippen LogP contribution in [0, 0.1) is 5.82 Å². The molecule has 0 saturated heterocycles. The van der Waals surface area contributed by atoms with E-state index in [1.807, 2.05) is 6.92 Å².